The number of fused-ring (bicyclic) bond motifs is 3. The first kappa shape index (κ1) is 33.6. The standard InChI is InChI=1S/C36H38F5N3O4S/c1-49(46,47)18-25(12-22-2-6-29(38)30(39)13-22)43-33(45)14-23-17-34(28-15-24(37)3-5-27(23)28)8-10-44(11-9-34)26-4-7-31-32(16-26)48-35(21-42-31)19-36(40,41)20-35/h2-7,13,15-16,23,25,42H,8-12,14,17-21H2,1H3,(H,43,45)/t23-,25-/m1/s1. The number of carbonyl (C=O) groups is 1. The van der Waals surface area contributed by atoms with Gasteiger partial charge < -0.3 is 20.3 Å². The van der Waals surface area contributed by atoms with Gasteiger partial charge in [-0.2, -0.15) is 0 Å². The number of hydrogen-bond acceptors (Lipinski definition) is 6. The van der Waals surface area contributed by atoms with Crippen LogP contribution in [0.5, 0.6) is 5.75 Å². The van der Waals surface area contributed by atoms with Crippen LogP contribution in [0.2, 0.25) is 0 Å². The Labute approximate surface area is 282 Å². The van der Waals surface area contributed by atoms with Crippen LogP contribution in [0.3, 0.4) is 0 Å². The van der Waals surface area contributed by atoms with E-state index in [1.165, 1.54) is 12.1 Å². The molecule has 7 rings (SSSR count). The molecule has 1 saturated carbocycles. The highest BCUT2D eigenvalue weighted by Crippen LogP contribution is 2.54. The Bertz CT molecular complexity index is 1890. The number of alkyl halides is 2. The zero-order valence-corrected chi connectivity index (χ0v) is 27.8. The second kappa shape index (κ2) is 12.2. The van der Waals surface area contributed by atoms with E-state index in [4.69, 9.17) is 4.74 Å². The van der Waals surface area contributed by atoms with E-state index < -0.39 is 39.0 Å². The Balaban J connectivity index is 1.04. The van der Waals surface area contributed by atoms with Crippen molar-refractivity contribution in [1.29, 1.82) is 0 Å². The van der Waals surface area contributed by atoms with Gasteiger partial charge in [0.25, 0.3) is 5.92 Å². The van der Waals surface area contributed by atoms with Crippen molar-refractivity contribution in [2.75, 3.05) is 41.9 Å². The topological polar surface area (TPSA) is 87.7 Å². The summed E-state index contributed by atoms with van der Waals surface area (Å²) in [6, 6.07) is 12.9. The molecule has 2 atom stereocenters. The van der Waals surface area contributed by atoms with E-state index >= 15 is 0 Å². The van der Waals surface area contributed by atoms with Gasteiger partial charge in [0.2, 0.25) is 5.91 Å². The van der Waals surface area contributed by atoms with Gasteiger partial charge in [-0.3, -0.25) is 4.79 Å². The molecule has 2 fully saturated rings. The molecule has 2 spiro atoms. The number of halogens is 5. The van der Waals surface area contributed by atoms with Crippen LogP contribution in [0.4, 0.5) is 33.3 Å². The minimum absolute atomic E-state index is 0.000490. The normalized spacial score (nSPS) is 22.0. The fraction of sp³-hybridized carbons (Fsp3) is 0.472. The quantitative estimate of drug-likeness (QED) is 0.270. The number of carbonyl (C=O) groups excluding carboxylic acids is 1. The lowest BCUT2D eigenvalue weighted by atomic mass is 9.73. The van der Waals surface area contributed by atoms with Crippen molar-refractivity contribution < 1.29 is 39.9 Å². The van der Waals surface area contributed by atoms with Gasteiger partial charge in [-0.25, -0.2) is 30.4 Å². The molecule has 2 heterocycles. The molecule has 0 radical (unpaired) electrons. The average molecular weight is 704 g/mol. The molecule has 13 heteroatoms. The molecule has 7 nitrogen and oxygen atoms in total. The number of sulfone groups is 1. The Hall–Kier alpha value is -3.87. The van der Waals surface area contributed by atoms with Crippen LogP contribution in [-0.2, 0) is 26.5 Å². The maximum absolute atomic E-state index is 14.7. The molecule has 0 aromatic heterocycles. The van der Waals surface area contributed by atoms with Gasteiger partial charge in [0, 0.05) is 43.6 Å². The van der Waals surface area contributed by atoms with E-state index in [1.54, 1.807) is 12.1 Å². The minimum atomic E-state index is -3.52. The van der Waals surface area contributed by atoms with Gasteiger partial charge in [-0.1, -0.05) is 12.1 Å². The number of anilines is 2. The highest BCUT2D eigenvalue weighted by Gasteiger charge is 2.59. The lowest BCUT2D eigenvalue weighted by Crippen LogP contribution is -2.60. The number of piperidine rings is 1. The van der Waals surface area contributed by atoms with Crippen molar-refractivity contribution in [3.05, 3.63) is 88.7 Å². The summed E-state index contributed by atoms with van der Waals surface area (Å²) < 4.78 is 99.9. The van der Waals surface area contributed by atoms with E-state index in [0.717, 1.165) is 40.9 Å². The minimum Gasteiger partial charge on any atom is -0.483 e. The second-order valence-corrected chi connectivity index (χ2v) is 16.6. The molecule has 2 aliphatic heterocycles. The summed E-state index contributed by atoms with van der Waals surface area (Å²) in [4.78, 5) is 15.6. The molecule has 262 valence electrons. The summed E-state index contributed by atoms with van der Waals surface area (Å²) in [5, 5.41) is 6.05. The Morgan fingerprint density at radius 2 is 1.78 bits per heavy atom. The van der Waals surface area contributed by atoms with E-state index in [9.17, 15) is 35.2 Å². The van der Waals surface area contributed by atoms with Crippen LogP contribution >= 0.6 is 0 Å². The van der Waals surface area contributed by atoms with Crippen molar-refractivity contribution in [2.24, 2.45) is 0 Å². The van der Waals surface area contributed by atoms with Crippen molar-refractivity contribution in [3.8, 4) is 5.75 Å². The molecule has 0 unspecified atom stereocenters. The summed E-state index contributed by atoms with van der Waals surface area (Å²) >= 11 is 0. The van der Waals surface area contributed by atoms with Gasteiger partial charge in [0.15, 0.2) is 11.6 Å². The third-order valence-electron chi connectivity index (χ3n) is 10.6. The Morgan fingerprint density at radius 3 is 2.47 bits per heavy atom. The molecule has 1 saturated heterocycles. The van der Waals surface area contributed by atoms with Crippen LogP contribution in [0.1, 0.15) is 61.1 Å². The number of rotatable bonds is 8. The van der Waals surface area contributed by atoms with Crippen molar-refractivity contribution in [3.63, 3.8) is 0 Å². The molecular formula is C36H38F5N3O4S. The maximum atomic E-state index is 14.7. The van der Waals surface area contributed by atoms with Crippen LogP contribution in [0, 0.1) is 17.5 Å². The lowest BCUT2D eigenvalue weighted by Gasteiger charge is -2.49. The average Bonchev–Trinajstić information content (AvgIpc) is 3.28. The summed E-state index contributed by atoms with van der Waals surface area (Å²) in [5.74, 6) is -5.58. The summed E-state index contributed by atoms with van der Waals surface area (Å²) in [6.07, 6.45) is 2.48. The smallest absolute Gasteiger partial charge is 0.255 e. The number of amides is 1. The highest BCUT2D eigenvalue weighted by molar-refractivity contribution is 7.90. The first-order valence-electron chi connectivity index (χ1n) is 16.5. The third kappa shape index (κ3) is 6.95. The zero-order valence-electron chi connectivity index (χ0n) is 27.0. The number of ether oxygens (including phenoxy) is 1. The van der Waals surface area contributed by atoms with Crippen LogP contribution < -0.4 is 20.3 Å². The zero-order chi connectivity index (χ0) is 34.8. The molecular weight excluding hydrogens is 665 g/mol. The largest absolute Gasteiger partial charge is 0.483 e. The number of benzene rings is 3. The monoisotopic (exact) mass is 703 g/mol. The SMILES string of the molecule is CS(=O)(=O)C[C@@H](Cc1ccc(F)c(F)c1)NC(=O)C[C@@H]1CC2(CCN(c3ccc4c(c3)OC3(CN4)CC(F)(F)C3)CC2)c2cc(F)ccc21. The highest BCUT2D eigenvalue weighted by atomic mass is 32.2. The van der Waals surface area contributed by atoms with E-state index in [2.05, 4.69) is 15.5 Å². The fourth-order valence-electron chi connectivity index (χ4n) is 8.41. The molecule has 2 aliphatic carbocycles. The van der Waals surface area contributed by atoms with Gasteiger partial charge >= 0.3 is 0 Å². The van der Waals surface area contributed by atoms with E-state index in [-0.39, 0.29) is 54.5 Å². The molecule has 4 aliphatic rings. The van der Waals surface area contributed by atoms with Crippen molar-refractivity contribution in [1.82, 2.24) is 5.32 Å². The Morgan fingerprint density at radius 1 is 1.02 bits per heavy atom. The van der Waals surface area contributed by atoms with Crippen LogP contribution in [-0.4, -0.2) is 63.5 Å². The molecule has 0 bridgehead atoms. The molecule has 3 aromatic rings. The van der Waals surface area contributed by atoms with Gasteiger partial charge in [-0.15, -0.1) is 0 Å². The molecule has 1 amide bonds. The van der Waals surface area contributed by atoms with Crippen LogP contribution in [0.25, 0.3) is 0 Å². The maximum Gasteiger partial charge on any atom is 0.255 e. The van der Waals surface area contributed by atoms with E-state index in [0.29, 0.717) is 50.2 Å². The van der Waals surface area contributed by atoms with Gasteiger partial charge in [0.05, 0.1) is 30.8 Å². The third-order valence-corrected chi connectivity index (χ3v) is 11.6. The molecule has 3 aromatic carbocycles. The summed E-state index contributed by atoms with van der Waals surface area (Å²) in [5.41, 5.74) is 2.53. The number of nitrogens with zero attached hydrogens (tertiary/aromatic N) is 1. The first-order valence-corrected chi connectivity index (χ1v) is 18.6. The lowest BCUT2D eigenvalue weighted by molar-refractivity contribution is -0.187. The van der Waals surface area contributed by atoms with Crippen LogP contribution in [0.15, 0.2) is 54.6 Å². The Kier molecular flexibility index (Phi) is 8.35. The predicted octanol–water partition coefficient (Wildman–Crippen LogP) is 6.26. The summed E-state index contributed by atoms with van der Waals surface area (Å²) in [7, 11) is -3.52. The predicted molar refractivity (Wildman–Crippen MR) is 176 cm³/mol. The number of hydrogen-bond donors (Lipinski definition) is 2. The van der Waals surface area contributed by atoms with Crippen molar-refractivity contribution in [2.45, 2.75) is 73.8 Å². The second-order valence-electron chi connectivity index (χ2n) is 14.4. The van der Waals surface area contributed by atoms with Crippen molar-refractivity contribution >= 4 is 27.1 Å². The fourth-order valence-corrected chi connectivity index (χ4v) is 9.35. The van der Waals surface area contributed by atoms with Gasteiger partial charge in [-0.05, 0) is 90.1 Å². The molecule has 2 N–H and O–H groups in total. The number of nitrogens with one attached hydrogen (secondary N) is 2. The van der Waals surface area contributed by atoms with E-state index in [1.807, 2.05) is 18.2 Å². The van der Waals surface area contributed by atoms with Gasteiger partial charge in [0.1, 0.15) is 27.0 Å². The molecule has 49 heavy (non-hydrogen) atoms. The first-order chi connectivity index (χ1) is 23.1. The summed E-state index contributed by atoms with van der Waals surface area (Å²) in [6.45, 7) is 1.63.